The minimum Gasteiger partial charge on any atom is -0.445 e. The van der Waals surface area contributed by atoms with E-state index in [1.165, 1.54) is 18.3 Å². The SMILES string of the molecule is CCCN(CCC)C(=O)C1=Cc2ccc(C(=O)Nc3cncc(CCC(=O)CNC(=O)OCc4ccc(NC(=O)C(CCCNC(N)=O)CC(=O)C(NC(=O)CCCCCN5C(=O)C=CC5=O)C(C)C)cc4)c3)cc2N=C(N)C1. The number of ketones is 2. The highest BCUT2D eigenvalue weighted by molar-refractivity contribution is 6.13. The van der Waals surface area contributed by atoms with Gasteiger partial charge in [-0.2, -0.15) is 0 Å². The van der Waals surface area contributed by atoms with E-state index in [1.807, 2.05) is 18.7 Å². The summed E-state index contributed by atoms with van der Waals surface area (Å²) in [5, 5.41) is 13.4. The number of hydrogen-bond donors (Lipinski definition) is 7. The number of hydrogen-bond acceptors (Lipinski definition) is 14. The van der Waals surface area contributed by atoms with E-state index < -0.39 is 35.9 Å². The van der Waals surface area contributed by atoms with E-state index in [0.29, 0.717) is 83.7 Å². The molecule has 0 saturated carbocycles. The lowest BCUT2D eigenvalue weighted by atomic mass is 9.89. The Bertz CT molecular complexity index is 2790. The van der Waals surface area contributed by atoms with Crippen molar-refractivity contribution in [3.8, 4) is 0 Å². The van der Waals surface area contributed by atoms with Crippen molar-refractivity contribution in [1.29, 1.82) is 0 Å². The molecule has 0 fully saturated rings. The van der Waals surface area contributed by atoms with Crippen LogP contribution in [0.2, 0.25) is 0 Å². The zero-order valence-electron chi connectivity index (χ0n) is 45.4. The molecule has 2 aliphatic heterocycles. The zero-order chi connectivity index (χ0) is 57.4. The van der Waals surface area contributed by atoms with Gasteiger partial charge in [0.2, 0.25) is 17.7 Å². The Morgan fingerprint density at radius 1 is 0.810 bits per heavy atom. The number of anilines is 2. The number of ether oxygens (including phenoxy) is 1. The molecule has 2 aromatic carbocycles. The number of aromatic nitrogens is 1. The average molecular weight is 1090 g/mol. The number of aryl methyl sites for hydroxylation is 1. The molecule has 5 rings (SSSR count). The number of urea groups is 1. The lowest BCUT2D eigenvalue weighted by Gasteiger charge is -2.24. The molecular formula is C57H73N11O11. The number of Topliss-reactive ketones (excluding diaryl/α,β-unsaturated/α-hetero) is 2. The molecule has 9 N–H and O–H groups in total. The molecule has 3 heterocycles. The van der Waals surface area contributed by atoms with Crippen molar-refractivity contribution in [2.24, 2.45) is 28.3 Å². The van der Waals surface area contributed by atoms with E-state index in [2.05, 4.69) is 36.6 Å². The number of amidine groups is 1. The van der Waals surface area contributed by atoms with Crippen LogP contribution in [-0.2, 0) is 51.3 Å². The quantitative estimate of drug-likeness (QED) is 0.0297. The molecule has 0 aliphatic carbocycles. The second-order valence-electron chi connectivity index (χ2n) is 19.8. The van der Waals surface area contributed by atoms with E-state index in [-0.39, 0.29) is 112 Å². The second kappa shape index (κ2) is 31.0. The number of primary amides is 1. The molecule has 0 bridgehead atoms. The van der Waals surface area contributed by atoms with Gasteiger partial charge >= 0.3 is 12.1 Å². The molecule has 22 nitrogen and oxygen atoms in total. The van der Waals surface area contributed by atoms with E-state index in [1.54, 1.807) is 74.7 Å². The number of unbranched alkanes of at least 4 members (excludes halogenated alkanes) is 2. The summed E-state index contributed by atoms with van der Waals surface area (Å²) in [6.07, 6.45) is 10.7. The number of amides is 9. The first-order chi connectivity index (χ1) is 37.8. The lowest BCUT2D eigenvalue weighted by molar-refractivity contribution is -0.137. The van der Waals surface area contributed by atoms with Crippen molar-refractivity contribution >= 4 is 88.1 Å². The van der Waals surface area contributed by atoms with Gasteiger partial charge in [0.25, 0.3) is 17.7 Å². The van der Waals surface area contributed by atoms with Crippen LogP contribution >= 0.6 is 0 Å². The molecular weight excluding hydrogens is 1010 g/mol. The number of nitrogens with one attached hydrogen (secondary N) is 5. The average Bonchev–Trinajstić information content (AvgIpc) is 3.66. The summed E-state index contributed by atoms with van der Waals surface area (Å²) in [6, 6.07) is 11.6. The van der Waals surface area contributed by atoms with E-state index in [4.69, 9.17) is 16.2 Å². The maximum absolute atomic E-state index is 13.7. The van der Waals surface area contributed by atoms with Crippen LogP contribution in [0, 0.1) is 11.8 Å². The molecule has 1 aromatic heterocycles. The first-order valence-corrected chi connectivity index (χ1v) is 26.8. The van der Waals surface area contributed by atoms with E-state index in [0.717, 1.165) is 17.7 Å². The monoisotopic (exact) mass is 1090 g/mol. The predicted molar refractivity (Wildman–Crippen MR) is 297 cm³/mol. The smallest absolute Gasteiger partial charge is 0.407 e. The zero-order valence-corrected chi connectivity index (χ0v) is 45.4. The second-order valence-corrected chi connectivity index (χ2v) is 19.8. The van der Waals surface area contributed by atoms with Gasteiger partial charge in [0.15, 0.2) is 11.6 Å². The highest BCUT2D eigenvalue weighted by Gasteiger charge is 2.30. The number of rotatable bonds is 31. The summed E-state index contributed by atoms with van der Waals surface area (Å²) in [5.41, 5.74) is 15.5. The fourth-order valence-corrected chi connectivity index (χ4v) is 8.80. The maximum Gasteiger partial charge on any atom is 0.407 e. The van der Waals surface area contributed by atoms with Gasteiger partial charge in [0.1, 0.15) is 12.4 Å². The summed E-state index contributed by atoms with van der Waals surface area (Å²) >= 11 is 0. The van der Waals surface area contributed by atoms with Crippen molar-refractivity contribution < 1.29 is 52.7 Å². The Hall–Kier alpha value is -8.56. The number of benzene rings is 2. The van der Waals surface area contributed by atoms with Gasteiger partial charge in [0.05, 0.1) is 30.2 Å². The fraction of sp³-hybridized carbons (Fsp3) is 0.439. The lowest BCUT2D eigenvalue weighted by Crippen LogP contribution is -2.45. The molecule has 79 heavy (non-hydrogen) atoms. The number of fused-ring (bicyclic) bond motifs is 1. The highest BCUT2D eigenvalue weighted by Crippen LogP contribution is 2.29. The number of nitrogens with zero attached hydrogens (tertiary/aromatic N) is 4. The molecule has 22 heteroatoms. The molecule has 0 spiro atoms. The minimum absolute atomic E-state index is 0.0632. The van der Waals surface area contributed by atoms with Gasteiger partial charge in [-0.3, -0.25) is 48.2 Å². The Labute approximate surface area is 460 Å². The number of imide groups is 1. The third kappa shape index (κ3) is 20.1. The van der Waals surface area contributed by atoms with Crippen molar-refractivity contribution in [2.45, 2.75) is 117 Å². The third-order valence-corrected chi connectivity index (χ3v) is 12.9. The first-order valence-electron chi connectivity index (χ1n) is 26.8. The Kier molecular flexibility index (Phi) is 24.0. The standard InChI is InChI=1S/C57H73N11O11/c1-5-24-67(25-6-2)55(76)42-28-39-16-17-41(29-46(39)65-48(58)31-42)54(75)64-44-27-38(32-60-33-44)15-20-45(69)34-62-57(78)79-35-37-13-18-43(19-14-37)63-53(74)40(11-10-23-61-56(59)77)30-47(70)52(36(3)4)66-49(71)12-8-7-9-26-68-50(72)21-22-51(68)73/h13-14,16-19,21-22,27-29,32-33,36,40,52H,5-12,15,20,23-26,30-31,34-35H2,1-4H3,(H2,58,65)(H,62,78)(H,63,74)(H,64,75)(H,66,71)(H3,59,61,77). The molecule has 422 valence electrons. The van der Waals surface area contributed by atoms with Crippen molar-refractivity contribution in [3.63, 3.8) is 0 Å². The van der Waals surface area contributed by atoms with Crippen LogP contribution in [0.4, 0.5) is 26.7 Å². The van der Waals surface area contributed by atoms with Crippen molar-refractivity contribution in [2.75, 3.05) is 43.4 Å². The van der Waals surface area contributed by atoms with Gasteiger partial charge < -0.3 is 47.7 Å². The fourth-order valence-electron chi connectivity index (χ4n) is 8.80. The molecule has 9 amide bonds. The molecule has 0 saturated heterocycles. The van der Waals surface area contributed by atoms with Crippen molar-refractivity contribution in [3.05, 3.63) is 101 Å². The Morgan fingerprint density at radius 3 is 2.22 bits per heavy atom. The van der Waals surface area contributed by atoms with Crippen molar-refractivity contribution in [1.82, 2.24) is 30.7 Å². The molecule has 2 atom stereocenters. The number of carbonyl (C=O) groups is 10. The number of pyridine rings is 1. The van der Waals surface area contributed by atoms with Gasteiger partial charge in [-0.25, -0.2) is 14.6 Å². The van der Waals surface area contributed by atoms with Crippen LogP contribution in [0.15, 0.2) is 83.6 Å². The number of alkyl carbamates (subject to hydrolysis) is 1. The first kappa shape index (κ1) is 61.3. The van der Waals surface area contributed by atoms with E-state index >= 15 is 0 Å². The van der Waals surface area contributed by atoms with Crippen LogP contribution in [0.5, 0.6) is 0 Å². The van der Waals surface area contributed by atoms with Crippen LogP contribution in [0.25, 0.3) is 6.08 Å². The number of nitrogens with two attached hydrogens (primary N) is 2. The normalized spacial score (nSPS) is 13.5. The van der Waals surface area contributed by atoms with Crippen LogP contribution in [0.3, 0.4) is 0 Å². The molecule has 2 unspecified atom stereocenters. The topological polar surface area (TPSA) is 324 Å². The summed E-state index contributed by atoms with van der Waals surface area (Å²) in [4.78, 5) is 139. The van der Waals surface area contributed by atoms with Crippen LogP contribution in [-0.4, -0.2) is 119 Å². The largest absolute Gasteiger partial charge is 0.445 e. The van der Waals surface area contributed by atoms with Gasteiger partial charge in [-0.05, 0) is 98.4 Å². The number of aliphatic imine (C=N–C) groups is 1. The van der Waals surface area contributed by atoms with Gasteiger partial charge in [0, 0.05) is 98.5 Å². The van der Waals surface area contributed by atoms with Crippen LogP contribution < -0.4 is 38.1 Å². The highest BCUT2D eigenvalue weighted by atomic mass is 16.5. The van der Waals surface area contributed by atoms with Gasteiger partial charge in [-0.1, -0.05) is 52.3 Å². The van der Waals surface area contributed by atoms with Crippen LogP contribution in [0.1, 0.15) is 125 Å². The maximum atomic E-state index is 13.7. The summed E-state index contributed by atoms with van der Waals surface area (Å²) in [7, 11) is 0. The molecule has 2 aliphatic rings. The Morgan fingerprint density at radius 2 is 1.53 bits per heavy atom. The predicted octanol–water partition coefficient (Wildman–Crippen LogP) is 5.78. The van der Waals surface area contributed by atoms with Gasteiger partial charge in [-0.15, -0.1) is 0 Å². The summed E-state index contributed by atoms with van der Waals surface area (Å²) < 4.78 is 5.31. The Balaban J connectivity index is 1.04. The minimum atomic E-state index is -0.867. The van der Waals surface area contributed by atoms with E-state index in [9.17, 15) is 47.9 Å². The summed E-state index contributed by atoms with van der Waals surface area (Å²) in [6.45, 7) is 8.88. The number of carbonyl (C=O) groups excluding carboxylic acids is 10. The third-order valence-electron chi connectivity index (χ3n) is 12.9. The molecule has 0 radical (unpaired) electrons. The molecule has 3 aromatic rings. The summed E-state index contributed by atoms with van der Waals surface area (Å²) in [5.74, 6) is -3.50.